The number of aromatic hydroxyl groups is 1. The predicted molar refractivity (Wildman–Crippen MR) is 63.4 cm³/mol. The molecule has 0 fully saturated rings. The second-order valence-electron chi connectivity index (χ2n) is 3.35. The molecule has 1 rings (SSSR count). The Kier molecular flexibility index (Phi) is 4.61. The zero-order valence-electron chi connectivity index (χ0n) is 9.24. The molecule has 1 aromatic carbocycles. The summed E-state index contributed by atoms with van der Waals surface area (Å²) in [5.41, 5.74) is -0.258. The first-order valence-electron chi connectivity index (χ1n) is 4.79. The van der Waals surface area contributed by atoms with Crippen molar-refractivity contribution in [3.05, 3.63) is 29.6 Å². The number of amides is 1. The molecule has 0 atom stereocenters. The zero-order chi connectivity index (χ0) is 12.1. The van der Waals surface area contributed by atoms with Crippen LogP contribution in [-0.2, 0) is 0 Å². The van der Waals surface area contributed by atoms with Crippen LogP contribution in [0, 0.1) is 5.82 Å². The van der Waals surface area contributed by atoms with Gasteiger partial charge in [-0.15, -0.1) is 0 Å². The van der Waals surface area contributed by atoms with Crippen molar-refractivity contribution in [1.82, 2.24) is 4.90 Å². The van der Waals surface area contributed by atoms with Gasteiger partial charge in [-0.2, -0.15) is 11.8 Å². The van der Waals surface area contributed by atoms with Gasteiger partial charge in [0.15, 0.2) is 0 Å². The van der Waals surface area contributed by atoms with Gasteiger partial charge in [0.25, 0.3) is 5.91 Å². The van der Waals surface area contributed by atoms with E-state index in [4.69, 9.17) is 0 Å². The fraction of sp³-hybridized carbons (Fsp3) is 0.364. The average Bonchev–Trinajstić information content (AvgIpc) is 2.25. The van der Waals surface area contributed by atoms with E-state index in [0.29, 0.717) is 6.54 Å². The molecule has 1 N–H and O–H groups in total. The molecule has 0 aliphatic rings. The third kappa shape index (κ3) is 2.88. The molecular formula is C11H14FNO2S. The molecule has 3 nitrogen and oxygen atoms in total. The number of thioether (sulfide) groups is 1. The number of carbonyl (C=O) groups is 1. The summed E-state index contributed by atoms with van der Waals surface area (Å²) in [6, 6.07) is 3.83. The molecule has 0 saturated heterocycles. The van der Waals surface area contributed by atoms with Crippen LogP contribution in [0.2, 0.25) is 0 Å². The minimum atomic E-state index is -0.694. The minimum Gasteiger partial charge on any atom is -0.507 e. The van der Waals surface area contributed by atoms with Crippen LogP contribution in [0.1, 0.15) is 10.4 Å². The molecule has 16 heavy (non-hydrogen) atoms. The Morgan fingerprint density at radius 1 is 1.56 bits per heavy atom. The topological polar surface area (TPSA) is 40.5 Å². The SMILES string of the molecule is CSCCN(C)C(=O)c1c(O)cccc1F. The van der Waals surface area contributed by atoms with Gasteiger partial charge in [0.1, 0.15) is 17.1 Å². The summed E-state index contributed by atoms with van der Waals surface area (Å²) >= 11 is 1.60. The van der Waals surface area contributed by atoms with Crippen LogP contribution in [0.25, 0.3) is 0 Å². The number of hydrogen-bond donors (Lipinski definition) is 1. The highest BCUT2D eigenvalue weighted by molar-refractivity contribution is 7.98. The van der Waals surface area contributed by atoms with Crippen molar-refractivity contribution in [2.75, 3.05) is 25.6 Å². The monoisotopic (exact) mass is 243 g/mol. The van der Waals surface area contributed by atoms with E-state index in [-0.39, 0.29) is 11.3 Å². The first-order chi connectivity index (χ1) is 7.57. The van der Waals surface area contributed by atoms with Gasteiger partial charge >= 0.3 is 0 Å². The lowest BCUT2D eigenvalue weighted by Crippen LogP contribution is -2.29. The Morgan fingerprint density at radius 3 is 2.81 bits per heavy atom. The third-order valence-electron chi connectivity index (χ3n) is 2.18. The molecular weight excluding hydrogens is 229 g/mol. The lowest BCUT2D eigenvalue weighted by molar-refractivity contribution is 0.0796. The van der Waals surface area contributed by atoms with Gasteiger partial charge in [-0.25, -0.2) is 4.39 Å². The Labute approximate surface area is 98.3 Å². The Morgan fingerprint density at radius 2 is 2.25 bits per heavy atom. The van der Waals surface area contributed by atoms with Gasteiger partial charge in [0, 0.05) is 19.3 Å². The number of phenolic OH excluding ortho intramolecular Hbond substituents is 1. The Bertz CT molecular complexity index is 364. The number of benzene rings is 1. The molecule has 5 heteroatoms. The van der Waals surface area contributed by atoms with Crippen LogP contribution in [-0.4, -0.2) is 41.5 Å². The van der Waals surface area contributed by atoms with E-state index in [1.54, 1.807) is 18.8 Å². The highest BCUT2D eigenvalue weighted by Crippen LogP contribution is 2.21. The summed E-state index contributed by atoms with van der Waals surface area (Å²) in [4.78, 5) is 13.2. The van der Waals surface area contributed by atoms with Crippen molar-refractivity contribution >= 4 is 17.7 Å². The van der Waals surface area contributed by atoms with Gasteiger partial charge in [-0.3, -0.25) is 4.79 Å². The number of rotatable bonds is 4. The van der Waals surface area contributed by atoms with E-state index < -0.39 is 11.7 Å². The standard InChI is InChI=1S/C11H14FNO2S/c1-13(6-7-16-2)11(15)10-8(12)4-3-5-9(10)14/h3-5,14H,6-7H2,1-2H3. The second-order valence-corrected chi connectivity index (χ2v) is 4.34. The van der Waals surface area contributed by atoms with Crippen molar-refractivity contribution in [2.45, 2.75) is 0 Å². The maximum absolute atomic E-state index is 13.4. The highest BCUT2D eigenvalue weighted by atomic mass is 32.2. The van der Waals surface area contributed by atoms with E-state index >= 15 is 0 Å². The maximum atomic E-state index is 13.4. The summed E-state index contributed by atoms with van der Waals surface area (Å²) in [7, 11) is 1.59. The molecule has 88 valence electrons. The smallest absolute Gasteiger partial charge is 0.260 e. The normalized spacial score (nSPS) is 10.2. The Balaban J connectivity index is 2.87. The van der Waals surface area contributed by atoms with Crippen LogP contribution >= 0.6 is 11.8 Å². The molecule has 0 aliphatic heterocycles. The quantitative estimate of drug-likeness (QED) is 0.879. The van der Waals surface area contributed by atoms with Gasteiger partial charge in [-0.1, -0.05) is 6.07 Å². The largest absolute Gasteiger partial charge is 0.507 e. The highest BCUT2D eigenvalue weighted by Gasteiger charge is 2.19. The van der Waals surface area contributed by atoms with Gasteiger partial charge in [-0.05, 0) is 18.4 Å². The summed E-state index contributed by atoms with van der Waals surface area (Å²) in [5, 5.41) is 9.44. The molecule has 1 aromatic rings. The fourth-order valence-corrected chi connectivity index (χ4v) is 1.70. The van der Waals surface area contributed by atoms with E-state index in [2.05, 4.69) is 0 Å². The van der Waals surface area contributed by atoms with Gasteiger partial charge < -0.3 is 10.0 Å². The third-order valence-corrected chi connectivity index (χ3v) is 2.77. The second kappa shape index (κ2) is 5.75. The summed E-state index contributed by atoms with van der Waals surface area (Å²) in [6.45, 7) is 0.522. The molecule has 1 amide bonds. The molecule has 0 aliphatic carbocycles. The minimum absolute atomic E-state index is 0.258. The lowest BCUT2D eigenvalue weighted by Gasteiger charge is -2.17. The van der Waals surface area contributed by atoms with E-state index in [9.17, 15) is 14.3 Å². The summed E-state index contributed by atoms with van der Waals surface area (Å²) in [5.74, 6) is -0.732. The first kappa shape index (κ1) is 12.8. The first-order valence-corrected chi connectivity index (χ1v) is 6.19. The molecule has 0 spiro atoms. The zero-order valence-corrected chi connectivity index (χ0v) is 10.1. The molecule has 0 bridgehead atoms. The number of nitrogens with zero attached hydrogens (tertiary/aromatic N) is 1. The molecule has 0 aromatic heterocycles. The summed E-state index contributed by atoms with van der Waals surface area (Å²) in [6.07, 6.45) is 1.93. The summed E-state index contributed by atoms with van der Waals surface area (Å²) < 4.78 is 13.4. The number of carbonyl (C=O) groups excluding carboxylic acids is 1. The van der Waals surface area contributed by atoms with Crippen LogP contribution in [0.5, 0.6) is 5.75 Å². The fourth-order valence-electron chi connectivity index (χ4n) is 1.25. The van der Waals surface area contributed by atoms with Gasteiger partial charge in [0.05, 0.1) is 0 Å². The molecule has 0 heterocycles. The van der Waals surface area contributed by atoms with E-state index in [0.717, 1.165) is 11.8 Å². The van der Waals surface area contributed by atoms with Crippen LogP contribution in [0.4, 0.5) is 4.39 Å². The average molecular weight is 243 g/mol. The molecule has 0 unspecified atom stereocenters. The van der Waals surface area contributed by atoms with Crippen LogP contribution in [0.15, 0.2) is 18.2 Å². The molecule has 0 radical (unpaired) electrons. The number of phenols is 1. The maximum Gasteiger partial charge on any atom is 0.260 e. The number of halogens is 1. The van der Waals surface area contributed by atoms with Crippen molar-refractivity contribution < 1.29 is 14.3 Å². The molecule has 0 saturated carbocycles. The lowest BCUT2D eigenvalue weighted by atomic mass is 10.1. The van der Waals surface area contributed by atoms with Gasteiger partial charge in [0.2, 0.25) is 0 Å². The van der Waals surface area contributed by atoms with E-state index in [1.165, 1.54) is 17.0 Å². The van der Waals surface area contributed by atoms with Crippen molar-refractivity contribution in [3.8, 4) is 5.75 Å². The predicted octanol–water partition coefficient (Wildman–Crippen LogP) is 1.97. The van der Waals surface area contributed by atoms with Crippen molar-refractivity contribution in [2.24, 2.45) is 0 Å². The number of hydrogen-bond acceptors (Lipinski definition) is 3. The van der Waals surface area contributed by atoms with Crippen molar-refractivity contribution in [3.63, 3.8) is 0 Å². The van der Waals surface area contributed by atoms with Crippen LogP contribution < -0.4 is 0 Å². The Hall–Kier alpha value is -1.23. The van der Waals surface area contributed by atoms with Crippen molar-refractivity contribution in [1.29, 1.82) is 0 Å². The van der Waals surface area contributed by atoms with E-state index in [1.807, 2.05) is 6.26 Å². The van der Waals surface area contributed by atoms with Crippen LogP contribution in [0.3, 0.4) is 0 Å².